The van der Waals surface area contributed by atoms with Gasteiger partial charge < -0.3 is 16.4 Å². The van der Waals surface area contributed by atoms with E-state index in [0.29, 0.717) is 6.04 Å². The lowest BCUT2D eigenvalue weighted by Gasteiger charge is -2.16. The molecule has 5 nitrogen and oxygen atoms in total. The number of amides is 2. The van der Waals surface area contributed by atoms with Gasteiger partial charge in [-0.3, -0.25) is 5.41 Å². The third-order valence-electron chi connectivity index (χ3n) is 2.50. The van der Waals surface area contributed by atoms with Crippen molar-refractivity contribution in [3.8, 4) is 0 Å². The van der Waals surface area contributed by atoms with Crippen LogP contribution in [0.2, 0.25) is 0 Å². The molecule has 1 atom stereocenters. The number of amidine groups is 1. The van der Waals surface area contributed by atoms with E-state index >= 15 is 0 Å². The van der Waals surface area contributed by atoms with Gasteiger partial charge in [-0.05, 0) is 19.8 Å². The Morgan fingerprint density at radius 3 is 2.57 bits per heavy atom. The van der Waals surface area contributed by atoms with Crippen molar-refractivity contribution >= 4 is 11.9 Å². The van der Waals surface area contributed by atoms with E-state index < -0.39 is 6.04 Å². The first-order valence-electron chi connectivity index (χ1n) is 5.00. The van der Waals surface area contributed by atoms with Gasteiger partial charge in [-0.15, -0.1) is 0 Å². The van der Waals surface area contributed by atoms with Crippen LogP contribution >= 0.6 is 0 Å². The Labute approximate surface area is 83.9 Å². The number of nitrogens with two attached hydrogens (primary N) is 1. The molecular weight excluding hydrogens is 180 g/mol. The molecule has 1 rings (SSSR count). The van der Waals surface area contributed by atoms with E-state index in [0.717, 1.165) is 12.8 Å². The van der Waals surface area contributed by atoms with Crippen molar-refractivity contribution in [3.63, 3.8) is 0 Å². The van der Waals surface area contributed by atoms with Gasteiger partial charge >= 0.3 is 6.03 Å². The fourth-order valence-electron chi connectivity index (χ4n) is 1.57. The van der Waals surface area contributed by atoms with Gasteiger partial charge in [0.2, 0.25) is 0 Å². The van der Waals surface area contributed by atoms with Crippen LogP contribution in [0.3, 0.4) is 0 Å². The highest BCUT2D eigenvalue weighted by atomic mass is 16.2. The predicted molar refractivity (Wildman–Crippen MR) is 55.3 cm³/mol. The molecule has 0 aliphatic heterocycles. The highest BCUT2D eigenvalue weighted by Gasteiger charge is 2.18. The lowest BCUT2D eigenvalue weighted by Crippen LogP contribution is -2.48. The number of rotatable bonds is 3. The van der Waals surface area contributed by atoms with Crippen molar-refractivity contribution in [2.45, 2.75) is 44.7 Å². The summed E-state index contributed by atoms with van der Waals surface area (Å²) in [6, 6.07) is -0.315. The van der Waals surface area contributed by atoms with Crippen LogP contribution in [0, 0.1) is 5.41 Å². The second-order valence-electron chi connectivity index (χ2n) is 3.78. The maximum Gasteiger partial charge on any atom is 0.315 e. The first kappa shape index (κ1) is 10.8. The molecular formula is C9H18N4O. The van der Waals surface area contributed by atoms with Crippen LogP contribution in [0.4, 0.5) is 4.79 Å². The van der Waals surface area contributed by atoms with Crippen LogP contribution in [-0.2, 0) is 0 Å². The Hall–Kier alpha value is -1.26. The fraction of sp³-hybridized carbons (Fsp3) is 0.778. The fourth-order valence-corrected chi connectivity index (χ4v) is 1.57. The molecule has 0 radical (unpaired) electrons. The molecule has 1 saturated carbocycles. The lowest BCUT2D eigenvalue weighted by atomic mass is 10.2. The van der Waals surface area contributed by atoms with Crippen LogP contribution < -0.4 is 16.4 Å². The second kappa shape index (κ2) is 4.83. The molecule has 1 fully saturated rings. The molecule has 14 heavy (non-hydrogen) atoms. The SMILES string of the molecule is CC(NC(=O)NC1CCCC1)C(=N)N. The van der Waals surface area contributed by atoms with Crippen molar-refractivity contribution in [3.05, 3.63) is 0 Å². The van der Waals surface area contributed by atoms with Crippen LogP contribution in [0.1, 0.15) is 32.6 Å². The third kappa shape index (κ3) is 3.24. The molecule has 1 unspecified atom stereocenters. The highest BCUT2D eigenvalue weighted by Crippen LogP contribution is 2.17. The summed E-state index contributed by atoms with van der Waals surface area (Å²) in [7, 11) is 0. The van der Waals surface area contributed by atoms with Crippen LogP contribution in [0.15, 0.2) is 0 Å². The van der Waals surface area contributed by atoms with Gasteiger partial charge in [0.15, 0.2) is 0 Å². The van der Waals surface area contributed by atoms with E-state index in [1.165, 1.54) is 12.8 Å². The van der Waals surface area contributed by atoms with Crippen molar-refractivity contribution < 1.29 is 4.79 Å². The summed E-state index contributed by atoms with van der Waals surface area (Å²) in [5.41, 5.74) is 5.23. The van der Waals surface area contributed by atoms with Crippen LogP contribution in [0.5, 0.6) is 0 Å². The molecule has 0 aromatic carbocycles. The van der Waals surface area contributed by atoms with Crippen molar-refractivity contribution in [2.24, 2.45) is 5.73 Å². The van der Waals surface area contributed by atoms with E-state index in [4.69, 9.17) is 11.1 Å². The molecule has 0 heterocycles. The zero-order valence-corrected chi connectivity index (χ0v) is 8.47. The summed E-state index contributed by atoms with van der Waals surface area (Å²) in [6.07, 6.45) is 4.49. The van der Waals surface area contributed by atoms with E-state index in [2.05, 4.69) is 10.6 Å². The molecule has 0 aromatic heterocycles. The molecule has 2 amide bonds. The van der Waals surface area contributed by atoms with Gasteiger partial charge in [0.1, 0.15) is 5.84 Å². The topological polar surface area (TPSA) is 91.0 Å². The minimum Gasteiger partial charge on any atom is -0.386 e. The molecule has 0 spiro atoms. The van der Waals surface area contributed by atoms with Gasteiger partial charge in [0.05, 0.1) is 6.04 Å². The first-order chi connectivity index (χ1) is 6.59. The molecule has 0 aromatic rings. The standard InChI is InChI=1S/C9H18N4O/c1-6(8(10)11)12-9(14)13-7-4-2-3-5-7/h6-7H,2-5H2,1H3,(H3,10,11)(H2,12,13,14). The van der Waals surface area contributed by atoms with Crippen molar-refractivity contribution in [1.82, 2.24) is 10.6 Å². The number of hydrogen-bond acceptors (Lipinski definition) is 2. The Bertz CT molecular complexity index is 223. The number of hydrogen-bond donors (Lipinski definition) is 4. The Morgan fingerprint density at radius 1 is 1.50 bits per heavy atom. The number of nitrogens with one attached hydrogen (secondary N) is 3. The van der Waals surface area contributed by atoms with E-state index in [1.807, 2.05) is 0 Å². The highest BCUT2D eigenvalue weighted by molar-refractivity contribution is 5.87. The Balaban J connectivity index is 2.24. The van der Waals surface area contributed by atoms with Crippen molar-refractivity contribution in [1.29, 1.82) is 5.41 Å². The molecule has 1 aliphatic rings. The van der Waals surface area contributed by atoms with Crippen molar-refractivity contribution in [2.75, 3.05) is 0 Å². The first-order valence-corrected chi connectivity index (χ1v) is 5.00. The average molecular weight is 198 g/mol. The number of carbonyl (C=O) groups excluding carboxylic acids is 1. The number of carbonyl (C=O) groups is 1. The second-order valence-corrected chi connectivity index (χ2v) is 3.78. The summed E-state index contributed by atoms with van der Waals surface area (Å²) >= 11 is 0. The summed E-state index contributed by atoms with van der Waals surface area (Å²) in [4.78, 5) is 11.3. The van der Waals surface area contributed by atoms with E-state index in [-0.39, 0.29) is 11.9 Å². The van der Waals surface area contributed by atoms with Gasteiger partial charge in [-0.2, -0.15) is 0 Å². The van der Waals surface area contributed by atoms with Gasteiger partial charge in [-0.1, -0.05) is 12.8 Å². The molecule has 0 saturated heterocycles. The minimum atomic E-state index is -0.392. The molecule has 5 N–H and O–H groups in total. The Morgan fingerprint density at radius 2 is 2.07 bits per heavy atom. The third-order valence-corrected chi connectivity index (χ3v) is 2.50. The normalized spacial score (nSPS) is 18.9. The average Bonchev–Trinajstić information content (AvgIpc) is 2.56. The lowest BCUT2D eigenvalue weighted by molar-refractivity contribution is 0.236. The smallest absolute Gasteiger partial charge is 0.315 e. The summed E-state index contributed by atoms with van der Waals surface area (Å²) in [5, 5.41) is 12.6. The zero-order chi connectivity index (χ0) is 10.6. The molecule has 0 bridgehead atoms. The van der Waals surface area contributed by atoms with E-state index in [1.54, 1.807) is 6.92 Å². The summed E-state index contributed by atoms with van der Waals surface area (Å²) < 4.78 is 0. The summed E-state index contributed by atoms with van der Waals surface area (Å²) in [6.45, 7) is 1.69. The van der Waals surface area contributed by atoms with Gasteiger partial charge in [0, 0.05) is 6.04 Å². The predicted octanol–water partition coefficient (Wildman–Crippen LogP) is 0.553. The maximum atomic E-state index is 11.3. The van der Waals surface area contributed by atoms with Gasteiger partial charge in [0.25, 0.3) is 0 Å². The molecule has 1 aliphatic carbocycles. The largest absolute Gasteiger partial charge is 0.386 e. The van der Waals surface area contributed by atoms with Crippen LogP contribution in [-0.4, -0.2) is 24.0 Å². The quantitative estimate of drug-likeness (QED) is 0.394. The summed E-state index contributed by atoms with van der Waals surface area (Å²) in [5.74, 6) is -0.0217. The van der Waals surface area contributed by atoms with E-state index in [9.17, 15) is 4.79 Å². The van der Waals surface area contributed by atoms with Crippen LogP contribution in [0.25, 0.3) is 0 Å². The van der Waals surface area contributed by atoms with Gasteiger partial charge in [-0.25, -0.2) is 4.79 Å². The zero-order valence-electron chi connectivity index (χ0n) is 8.47. The molecule has 5 heteroatoms. The number of urea groups is 1. The minimum absolute atomic E-state index is 0.0217. The Kier molecular flexibility index (Phi) is 3.73. The molecule has 80 valence electrons. The maximum absolute atomic E-state index is 11.3. The monoisotopic (exact) mass is 198 g/mol.